The molecule has 21 heavy (non-hydrogen) atoms. The highest BCUT2D eigenvalue weighted by atomic mass is 16.5. The first-order valence-corrected chi connectivity index (χ1v) is 7.30. The van der Waals surface area contributed by atoms with Crippen LogP contribution in [0.4, 0.5) is 5.82 Å². The summed E-state index contributed by atoms with van der Waals surface area (Å²) in [4.78, 5) is 18.0. The van der Waals surface area contributed by atoms with E-state index in [4.69, 9.17) is 4.74 Å². The maximum absolute atomic E-state index is 11.3. The first kappa shape index (κ1) is 15.5. The van der Waals surface area contributed by atoms with E-state index in [1.54, 1.807) is 19.2 Å². The molecule has 1 aromatic rings. The molecule has 1 aromatic heterocycles. The zero-order valence-electron chi connectivity index (χ0n) is 12.6. The van der Waals surface area contributed by atoms with Crippen LogP contribution in [0.2, 0.25) is 0 Å². The molecule has 0 amide bonds. The minimum atomic E-state index is -0.899. The van der Waals surface area contributed by atoms with Gasteiger partial charge < -0.3 is 14.7 Å². The average Bonchev–Trinajstić information content (AvgIpc) is 2.48. The van der Waals surface area contributed by atoms with Crippen LogP contribution < -0.4 is 4.90 Å². The third kappa shape index (κ3) is 4.04. The lowest BCUT2D eigenvalue weighted by Gasteiger charge is -2.28. The number of aromatic nitrogens is 1. The molecule has 2 heterocycles. The third-order valence-electron chi connectivity index (χ3n) is 3.57. The highest BCUT2D eigenvalue weighted by molar-refractivity contribution is 5.88. The lowest BCUT2D eigenvalue weighted by Crippen LogP contribution is -2.30. The normalized spacial score (nSPS) is 15.0. The summed E-state index contributed by atoms with van der Waals surface area (Å²) in [6, 6.07) is 3.34. The first-order valence-electron chi connectivity index (χ1n) is 7.30. The van der Waals surface area contributed by atoms with Gasteiger partial charge in [-0.2, -0.15) is 0 Å². The SMILES string of the molecule is CCCc1cc(C(=O)O)cc(N2CC=C(COC)CC2)n1. The van der Waals surface area contributed by atoms with Gasteiger partial charge in [0.05, 0.1) is 12.2 Å². The van der Waals surface area contributed by atoms with Gasteiger partial charge in [0.15, 0.2) is 0 Å². The zero-order chi connectivity index (χ0) is 15.2. The standard InChI is InChI=1S/C16H22N2O3/c1-3-4-14-9-13(16(19)20)10-15(17-14)18-7-5-12(6-8-18)11-21-2/h5,9-10H,3-4,6-8,11H2,1-2H3,(H,19,20). The number of hydrogen-bond acceptors (Lipinski definition) is 4. The topological polar surface area (TPSA) is 62.7 Å². The van der Waals surface area contributed by atoms with Crippen LogP contribution >= 0.6 is 0 Å². The molecular weight excluding hydrogens is 268 g/mol. The van der Waals surface area contributed by atoms with Gasteiger partial charge in [-0.05, 0) is 30.5 Å². The Balaban J connectivity index is 2.21. The van der Waals surface area contributed by atoms with Crippen molar-refractivity contribution in [3.05, 3.63) is 35.0 Å². The summed E-state index contributed by atoms with van der Waals surface area (Å²) in [5.41, 5.74) is 2.45. The van der Waals surface area contributed by atoms with Gasteiger partial charge >= 0.3 is 5.97 Å². The second kappa shape index (κ2) is 7.22. The molecule has 0 spiro atoms. The maximum atomic E-state index is 11.3. The van der Waals surface area contributed by atoms with Crippen molar-refractivity contribution < 1.29 is 14.6 Å². The number of aromatic carboxylic acids is 1. The Hall–Kier alpha value is -1.88. The molecule has 1 N–H and O–H groups in total. The Bertz CT molecular complexity index is 540. The number of ether oxygens (including phenoxy) is 1. The van der Waals surface area contributed by atoms with Crippen molar-refractivity contribution in [3.8, 4) is 0 Å². The van der Waals surface area contributed by atoms with Crippen molar-refractivity contribution in [2.45, 2.75) is 26.2 Å². The molecule has 1 aliphatic rings. The number of pyridine rings is 1. The number of nitrogens with zero attached hydrogens (tertiary/aromatic N) is 2. The summed E-state index contributed by atoms with van der Waals surface area (Å²) < 4.78 is 5.14. The van der Waals surface area contributed by atoms with Gasteiger partial charge in [0.2, 0.25) is 0 Å². The summed E-state index contributed by atoms with van der Waals surface area (Å²) in [6.07, 6.45) is 4.82. The summed E-state index contributed by atoms with van der Waals surface area (Å²) >= 11 is 0. The van der Waals surface area contributed by atoms with Gasteiger partial charge in [-0.3, -0.25) is 0 Å². The lowest BCUT2D eigenvalue weighted by molar-refractivity contribution is 0.0696. The second-order valence-electron chi connectivity index (χ2n) is 5.25. The maximum Gasteiger partial charge on any atom is 0.335 e. The van der Waals surface area contributed by atoms with Gasteiger partial charge in [-0.15, -0.1) is 0 Å². The number of anilines is 1. The smallest absolute Gasteiger partial charge is 0.335 e. The Kier molecular flexibility index (Phi) is 5.33. The fraction of sp³-hybridized carbons (Fsp3) is 0.500. The molecule has 0 bridgehead atoms. The van der Waals surface area contributed by atoms with Crippen molar-refractivity contribution in [2.75, 3.05) is 31.7 Å². The Labute approximate surface area is 125 Å². The van der Waals surface area contributed by atoms with Crippen LogP contribution in [0.1, 0.15) is 35.8 Å². The van der Waals surface area contributed by atoms with Crippen LogP contribution in [0.15, 0.2) is 23.8 Å². The Morgan fingerprint density at radius 1 is 1.48 bits per heavy atom. The predicted octanol–water partition coefficient (Wildman–Crippen LogP) is 2.52. The second-order valence-corrected chi connectivity index (χ2v) is 5.25. The first-order chi connectivity index (χ1) is 10.1. The minimum absolute atomic E-state index is 0.315. The van der Waals surface area contributed by atoms with Gasteiger partial charge in [0.25, 0.3) is 0 Å². The Morgan fingerprint density at radius 3 is 2.86 bits per heavy atom. The zero-order valence-corrected chi connectivity index (χ0v) is 12.6. The molecule has 0 saturated heterocycles. The number of carbonyl (C=O) groups is 1. The van der Waals surface area contributed by atoms with E-state index in [2.05, 4.69) is 22.9 Å². The number of aryl methyl sites for hydroxylation is 1. The largest absolute Gasteiger partial charge is 0.478 e. The fourth-order valence-corrected chi connectivity index (χ4v) is 2.48. The van der Waals surface area contributed by atoms with Gasteiger partial charge in [-0.25, -0.2) is 9.78 Å². The fourth-order valence-electron chi connectivity index (χ4n) is 2.48. The summed E-state index contributed by atoms with van der Waals surface area (Å²) in [7, 11) is 1.70. The van der Waals surface area contributed by atoms with E-state index < -0.39 is 5.97 Å². The summed E-state index contributed by atoms with van der Waals surface area (Å²) in [5, 5.41) is 9.24. The molecule has 0 atom stereocenters. The number of carboxylic acid groups (broad SMARTS) is 1. The van der Waals surface area contributed by atoms with Gasteiger partial charge in [-0.1, -0.05) is 19.4 Å². The summed E-state index contributed by atoms with van der Waals surface area (Å²) in [6.45, 7) is 4.32. The van der Waals surface area contributed by atoms with Crippen LogP contribution in [0, 0.1) is 0 Å². The number of methoxy groups -OCH3 is 1. The molecule has 1 aliphatic heterocycles. The van der Waals surface area contributed by atoms with Crippen LogP contribution in [0.3, 0.4) is 0 Å². The van der Waals surface area contributed by atoms with Crippen LogP contribution in [-0.2, 0) is 11.2 Å². The highest BCUT2D eigenvalue weighted by Crippen LogP contribution is 2.20. The van der Waals surface area contributed by atoms with Gasteiger partial charge in [0, 0.05) is 25.9 Å². The molecule has 0 saturated carbocycles. The molecule has 5 heteroatoms. The van der Waals surface area contributed by atoms with E-state index in [0.717, 1.165) is 43.9 Å². The highest BCUT2D eigenvalue weighted by Gasteiger charge is 2.16. The van der Waals surface area contributed by atoms with E-state index in [1.807, 2.05) is 0 Å². The van der Waals surface area contributed by atoms with Gasteiger partial charge in [0.1, 0.15) is 5.82 Å². The van der Waals surface area contributed by atoms with Crippen molar-refractivity contribution in [3.63, 3.8) is 0 Å². The van der Waals surface area contributed by atoms with Crippen LogP contribution in [0.5, 0.6) is 0 Å². The van der Waals surface area contributed by atoms with E-state index in [1.165, 1.54) is 5.57 Å². The quantitative estimate of drug-likeness (QED) is 0.816. The molecule has 0 radical (unpaired) electrons. The molecular formula is C16H22N2O3. The molecule has 0 aliphatic carbocycles. The third-order valence-corrected chi connectivity index (χ3v) is 3.57. The molecule has 114 valence electrons. The Morgan fingerprint density at radius 2 is 2.29 bits per heavy atom. The van der Waals surface area contributed by atoms with E-state index in [0.29, 0.717) is 12.2 Å². The predicted molar refractivity (Wildman–Crippen MR) is 82.0 cm³/mol. The molecule has 5 nitrogen and oxygen atoms in total. The molecule has 0 aromatic carbocycles. The number of rotatable bonds is 6. The monoisotopic (exact) mass is 290 g/mol. The molecule has 0 unspecified atom stereocenters. The number of carboxylic acids is 1. The molecule has 0 fully saturated rings. The van der Waals surface area contributed by atoms with Crippen LogP contribution in [0.25, 0.3) is 0 Å². The average molecular weight is 290 g/mol. The van der Waals surface area contributed by atoms with E-state index in [-0.39, 0.29) is 0 Å². The van der Waals surface area contributed by atoms with Crippen molar-refractivity contribution >= 4 is 11.8 Å². The van der Waals surface area contributed by atoms with Crippen molar-refractivity contribution in [1.29, 1.82) is 0 Å². The van der Waals surface area contributed by atoms with E-state index in [9.17, 15) is 9.90 Å². The van der Waals surface area contributed by atoms with E-state index >= 15 is 0 Å². The summed E-state index contributed by atoms with van der Waals surface area (Å²) in [5.74, 6) is -0.144. The van der Waals surface area contributed by atoms with Crippen LogP contribution in [-0.4, -0.2) is 42.9 Å². The lowest BCUT2D eigenvalue weighted by atomic mass is 10.1. The minimum Gasteiger partial charge on any atom is -0.478 e. The van der Waals surface area contributed by atoms with Crippen molar-refractivity contribution in [2.24, 2.45) is 0 Å². The van der Waals surface area contributed by atoms with Crippen molar-refractivity contribution in [1.82, 2.24) is 4.98 Å². The number of hydrogen-bond donors (Lipinski definition) is 1. The molecule has 2 rings (SSSR count).